The van der Waals surface area contributed by atoms with Gasteiger partial charge in [0.1, 0.15) is 5.75 Å². The molecule has 0 saturated heterocycles. The van der Waals surface area contributed by atoms with Gasteiger partial charge in [0.15, 0.2) is 0 Å². The first-order chi connectivity index (χ1) is 7.29. The van der Waals surface area contributed by atoms with Gasteiger partial charge < -0.3 is 4.74 Å². The highest BCUT2D eigenvalue weighted by Crippen LogP contribution is 2.33. The zero-order valence-electron chi connectivity index (χ0n) is 8.94. The third-order valence-electron chi connectivity index (χ3n) is 3.22. The van der Waals surface area contributed by atoms with Gasteiger partial charge >= 0.3 is 0 Å². The van der Waals surface area contributed by atoms with E-state index in [1.807, 2.05) is 12.1 Å². The number of hydrogen-bond donors (Lipinski definition) is 0. The maximum Gasteiger partial charge on any atom is 0.120 e. The lowest BCUT2D eigenvalue weighted by Crippen LogP contribution is -2.28. The van der Waals surface area contributed by atoms with Gasteiger partial charge in [0, 0.05) is 0 Å². The zero-order chi connectivity index (χ0) is 10.7. The molecule has 1 aliphatic rings. The minimum absolute atomic E-state index is 0.661. The molecule has 0 aromatic heterocycles. The van der Waals surface area contributed by atoms with Gasteiger partial charge in [-0.15, -0.1) is 0 Å². The first-order valence-corrected chi connectivity index (χ1v) is 5.42. The van der Waals surface area contributed by atoms with Crippen LogP contribution in [0.15, 0.2) is 24.3 Å². The average molecular weight is 201 g/mol. The van der Waals surface area contributed by atoms with Crippen LogP contribution in [-0.4, -0.2) is 6.61 Å². The van der Waals surface area contributed by atoms with Crippen molar-refractivity contribution in [2.45, 2.75) is 19.8 Å². The molecule has 1 aliphatic carbocycles. The van der Waals surface area contributed by atoms with Gasteiger partial charge in [-0.25, -0.2) is 0 Å². The van der Waals surface area contributed by atoms with Crippen LogP contribution in [0.25, 0.3) is 0 Å². The van der Waals surface area contributed by atoms with Crippen LogP contribution in [0.5, 0.6) is 5.75 Å². The van der Waals surface area contributed by atoms with E-state index < -0.39 is 0 Å². The fraction of sp³-hybridized carbons (Fsp3) is 0.462. The molecule has 2 heteroatoms. The van der Waals surface area contributed by atoms with E-state index in [4.69, 9.17) is 10.00 Å². The summed E-state index contributed by atoms with van der Waals surface area (Å²) in [6.45, 7) is 3.05. The number of benzene rings is 1. The first kappa shape index (κ1) is 10.0. The number of rotatable bonds is 3. The smallest absolute Gasteiger partial charge is 0.120 e. The molecule has 0 aliphatic heterocycles. The van der Waals surface area contributed by atoms with Crippen molar-refractivity contribution in [1.29, 1.82) is 5.26 Å². The van der Waals surface area contributed by atoms with Crippen LogP contribution in [-0.2, 0) is 0 Å². The van der Waals surface area contributed by atoms with E-state index in [0.717, 1.165) is 18.3 Å². The lowest BCUT2D eigenvalue weighted by atomic mass is 9.75. The third kappa shape index (κ3) is 2.30. The predicted molar refractivity (Wildman–Crippen MR) is 58.5 cm³/mol. The van der Waals surface area contributed by atoms with Gasteiger partial charge in [-0.2, -0.15) is 5.26 Å². The maximum atomic E-state index is 8.73. The second-order valence-electron chi connectivity index (χ2n) is 4.27. The van der Waals surface area contributed by atoms with Gasteiger partial charge in [0.25, 0.3) is 0 Å². The highest BCUT2D eigenvalue weighted by atomic mass is 16.5. The summed E-state index contributed by atoms with van der Waals surface area (Å²) in [6.07, 6.45) is 2.60. The highest BCUT2D eigenvalue weighted by Gasteiger charge is 2.26. The molecule has 78 valence electrons. The largest absolute Gasteiger partial charge is 0.493 e. The van der Waals surface area contributed by atoms with Crippen LogP contribution >= 0.6 is 0 Å². The first-order valence-electron chi connectivity index (χ1n) is 5.42. The molecule has 1 saturated carbocycles. The van der Waals surface area contributed by atoms with Gasteiger partial charge in [0.2, 0.25) is 0 Å². The standard InChI is InChI=1S/C13H15NO/c1-10-5-6-12(10)9-15-13-4-2-3-11(7-13)8-14/h2-4,7,10,12H,5-6,9H2,1H3/t10-,12-/m1/s1. The van der Waals surface area contributed by atoms with E-state index in [1.54, 1.807) is 12.1 Å². The van der Waals surface area contributed by atoms with Crippen LogP contribution in [0.3, 0.4) is 0 Å². The Morgan fingerprint density at radius 3 is 2.93 bits per heavy atom. The van der Waals surface area contributed by atoms with Gasteiger partial charge in [0.05, 0.1) is 18.2 Å². The molecule has 1 aromatic carbocycles. The molecular weight excluding hydrogens is 186 g/mol. The van der Waals surface area contributed by atoms with E-state index in [-0.39, 0.29) is 0 Å². The Morgan fingerprint density at radius 2 is 2.33 bits per heavy atom. The molecular formula is C13H15NO. The van der Waals surface area contributed by atoms with E-state index in [1.165, 1.54) is 12.8 Å². The normalized spacial score (nSPS) is 24.0. The maximum absolute atomic E-state index is 8.73. The molecule has 0 spiro atoms. The number of hydrogen-bond acceptors (Lipinski definition) is 2. The molecule has 0 amide bonds. The second kappa shape index (κ2) is 4.35. The molecule has 1 aromatic rings. The fourth-order valence-electron chi connectivity index (χ4n) is 1.84. The summed E-state index contributed by atoms with van der Waals surface area (Å²) in [7, 11) is 0. The monoisotopic (exact) mass is 201 g/mol. The number of ether oxygens (including phenoxy) is 1. The number of nitrogens with zero attached hydrogens (tertiary/aromatic N) is 1. The molecule has 2 nitrogen and oxygen atoms in total. The van der Waals surface area contributed by atoms with Crippen molar-refractivity contribution in [1.82, 2.24) is 0 Å². The van der Waals surface area contributed by atoms with Crippen LogP contribution in [0, 0.1) is 23.2 Å². The van der Waals surface area contributed by atoms with Crippen molar-refractivity contribution in [3.63, 3.8) is 0 Å². The lowest BCUT2D eigenvalue weighted by Gasteiger charge is -2.33. The van der Waals surface area contributed by atoms with Crippen molar-refractivity contribution in [2.75, 3.05) is 6.61 Å². The van der Waals surface area contributed by atoms with E-state index >= 15 is 0 Å². The van der Waals surface area contributed by atoms with Crippen molar-refractivity contribution < 1.29 is 4.74 Å². The Balaban J connectivity index is 1.90. The molecule has 0 heterocycles. The van der Waals surface area contributed by atoms with E-state index in [9.17, 15) is 0 Å². The molecule has 0 unspecified atom stereocenters. The van der Waals surface area contributed by atoms with Crippen molar-refractivity contribution in [3.8, 4) is 11.8 Å². The topological polar surface area (TPSA) is 33.0 Å². The highest BCUT2D eigenvalue weighted by molar-refractivity contribution is 5.36. The summed E-state index contributed by atoms with van der Waals surface area (Å²) in [4.78, 5) is 0. The van der Waals surface area contributed by atoms with Crippen LogP contribution in [0.4, 0.5) is 0 Å². The molecule has 0 bridgehead atoms. The fourth-order valence-corrected chi connectivity index (χ4v) is 1.84. The summed E-state index contributed by atoms with van der Waals surface area (Å²) >= 11 is 0. The van der Waals surface area contributed by atoms with E-state index in [0.29, 0.717) is 11.5 Å². The van der Waals surface area contributed by atoms with Crippen molar-refractivity contribution in [3.05, 3.63) is 29.8 Å². The Kier molecular flexibility index (Phi) is 2.91. The Morgan fingerprint density at radius 1 is 1.47 bits per heavy atom. The van der Waals surface area contributed by atoms with Crippen molar-refractivity contribution >= 4 is 0 Å². The van der Waals surface area contributed by atoms with E-state index in [2.05, 4.69) is 13.0 Å². The number of nitriles is 1. The van der Waals surface area contributed by atoms with Crippen molar-refractivity contribution in [2.24, 2.45) is 11.8 Å². The predicted octanol–water partition coefficient (Wildman–Crippen LogP) is 2.98. The third-order valence-corrected chi connectivity index (χ3v) is 3.22. The van der Waals surface area contributed by atoms with Gasteiger partial charge in [-0.3, -0.25) is 0 Å². The quantitative estimate of drug-likeness (QED) is 0.753. The molecule has 2 atom stereocenters. The Hall–Kier alpha value is -1.49. The Labute approximate surface area is 90.5 Å². The summed E-state index contributed by atoms with van der Waals surface area (Å²) < 4.78 is 5.67. The summed E-state index contributed by atoms with van der Waals surface area (Å²) in [5.74, 6) is 2.31. The second-order valence-corrected chi connectivity index (χ2v) is 4.27. The summed E-state index contributed by atoms with van der Waals surface area (Å²) in [5, 5.41) is 8.73. The molecule has 15 heavy (non-hydrogen) atoms. The summed E-state index contributed by atoms with van der Waals surface area (Å²) in [5.41, 5.74) is 0.661. The average Bonchev–Trinajstić information content (AvgIpc) is 2.27. The summed E-state index contributed by atoms with van der Waals surface area (Å²) in [6, 6.07) is 9.46. The zero-order valence-corrected chi connectivity index (χ0v) is 8.94. The van der Waals surface area contributed by atoms with Gasteiger partial charge in [-0.1, -0.05) is 13.0 Å². The lowest BCUT2D eigenvalue weighted by molar-refractivity contribution is 0.116. The van der Waals surface area contributed by atoms with Crippen LogP contribution in [0.1, 0.15) is 25.3 Å². The molecule has 0 N–H and O–H groups in total. The minimum atomic E-state index is 0.661. The van der Waals surface area contributed by atoms with Gasteiger partial charge in [-0.05, 0) is 42.9 Å². The van der Waals surface area contributed by atoms with Crippen LogP contribution < -0.4 is 4.74 Å². The molecule has 0 radical (unpaired) electrons. The Bertz CT molecular complexity index is 380. The SMILES string of the molecule is C[C@@H]1CC[C@@H]1COc1cccc(C#N)c1. The molecule has 2 rings (SSSR count). The molecule has 1 fully saturated rings. The minimum Gasteiger partial charge on any atom is -0.493 e. The van der Waals surface area contributed by atoms with Crippen LogP contribution in [0.2, 0.25) is 0 Å².